The number of nitrogens with two attached hydrogens (primary N) is 1. The number of likely N-dealkylation sites (N-methyl/N-ethyl adjacent to an activating group) is 1. The van der Waals surface area contributed by atoms with E-state index in [9.17, 15) is 8.42 Å². The molecule has 1 aromatic heterocycles. The molecule has 8 heteroatoms. The Kier molecular flexibility index (Phi) is 4.18. The molecule has 0 radical (unpaired) electrons. The highest BCUT2D eigenvalue weighted by Gasteiger charge is 2.39. The van der Waals surface area contributed by atoms with E-state index in [1.807, 2.05) is 0 Å². The van der Waals surface area contributed by atoms with E-state index in [4.69, 9.17) is 5.14 Å². The van der Waals surface area contributed by atoms with E-state index < -0.39 is 10.2 Å². The van der Waals surface area contributed by atoms with Crippen LogP contribution in [0.15, 0.2) is 24.4 Å². The third kappa shape index (κ3) is 2.88. The lowest BCUT2D eigenvalue weighted by atomic mass is 9.74. The van der Waals surface area contributed by atoms with Crippen molar-refractivity contribution in [1.29, 1.82) is 0 Å². The number of fused-ring (bicyclic) bond motifs is 2. The summed E-state index contributed by atoms with van der Waals surface area (Å²) < 4.78 is 25.3. The Bertz CT molecular complexity index is 835. The molecule has 0 unspecified atom stereocenters. The molecule has 4 rings (SSSR count). The molecule has 0 amide bonds. The molecule has 1 fully saturated rings. The third-order valence-corrected chi connectivity index (χ3v) is 5.72. The number of hydrogen-bond donors (Lipinski definition) is 3. The first-order valence-corrected chi connectivity index (χ1v) is 9.06. The highest BCUT2D eigenvalue weighted by Crippen LogP contribution is 2.42. The van der Waals surface area contributed by atoms with Crippen LogP contribution in [0.4, 0.5) is 0 Å². The van der Waals surface area contributed by atoms with E-state index in [1.165, 1.54) is 16.5 Å². The van der Waals surface area contributed by atoms with Gasteiger partial charge in [0.1, 0.15) is 0 Å². The summed E-state index contributed by atoms with van der Waals surface area (Å²) in [4.78, 5) is 5.60. The molecule has 23 heavy (non-hydrogen) atoms. The van der Waals surface area contributed by atoms with Crippen molar-refractivity contribution >= 4 is 33.5 Å². The van der Waals surface area contributed by atoms with Gasteiger partial charge in [-0.3, -0.25) is 0 Å². The lowest BCUT2D eigenvalue weighted by Crippen LogP contribution is -2.55. The Balaban J connectivity index is 0.00000156. The number of rotatable bonds is 2. The maximum atomic E-state index is 11.4. The maximum absolute atomic E-state index is 11.4. The number of piperidine rings is 1. The highest BCUT2D eigenvalue weighted by atomic mass is 35.5. The summed E-state index contributed by atoms with van der Waals surface area (Å²) >= 11 is 0. The van der Waals surface area contributed by atoms with E-state index >= 15 is 0 Å². The molecule has 1 aliphatic heterocycles. The predicted molar refractivity (Wildman–Crippen MR) is 93.1 cm³/mol. The fraction of sp³-hybridized carbons (Fsp3) is 0.467. The average molecular weight is 357 g/mol. The second-order valence-electron chi connectivity index (χ2n) is 6.50. The van der Waals surface area contributed by atoms with E-state index in [0.717, 1.165) is 18.4 Å². The van der Waals surface area contributed by atoms with Crippen LogP contribution in [0.3, 0.4) is 0 Å². The molecule has 2 heterocycles. The Labute approximate surface area is 142 Å². The third-order valence-electron chi connectivity index (χ3n) is 5.06. The molecule has 4 N–H and O–H groups in total. The Hall–Kier alpha value is -1.12. The summed E-state index contributed by atoms with van der Waals surface area (Å²) in [6, 6.07) is 6.60. The van der Waals surface area contributed by atoms with Gasteiger partial charge in [-0.15, -0.1) is 12.4 Å². The topological polar surface area (TPSA) is 91.2 Å². The number of hydrogen-bond acceptors (Lipinski definition) is 3. The maximum Gasteiger partial charge on any atom is 0.274 e. The average Bonchev–Trinajstić information content (AvgIpc) is 2.83. The second-order valence-corrected chi connectivity index (χ2v) is 7.82. The van der Waals surface area contributed by atoms with Crippen molar-refractivity contribution in [2.75, 3.05) is 13.6 Å². The Morgan fingerprint density at radius 3 is 2.91 bits per heavy atom. The van der Waals surface area contributed by atoms with Crippen LogP contribution in [0, 0.1) is 0 Å². The van der Waals surface area contributed by atoms with Crippen LogP contribution in [0.1, 0.15) is 23.5 Å². The van der Waals surface area contributed by atoms with Crippen molar-refractivity contribution < 1.29 is 8.42 Å². The van der Waals surface area contributed by atoms with Crippen LogP contribution in [0.2, 0.25) is 0 Å². The van der Waals surface area contributed by atoms with Gasteiger partial charge < -0.3 is 9.88 Å². The normalized spacial score (nSPS) is 27.5. The van der Waals surface area contributed by atoms with Gasteiger partial charge in [0, 0.05) is 41.6 Å². The number of H-pyrrole nitrogens is 1. The Morgan fingerprint density at radius 2 is 2.17 bits per heavy atom. The Morgan fingerprint density at radius 1 is 1.39 bits per heavy atom. The zero-order valence-electron chi connectivity index (χ0n) is 12.8. The van der Waals surface area contributed by atoms with Gasteiger partial charge in [-0.2, -0.15) is 13.1 Å². The fourth-order valence-electron chi connectivity index (χ4n) is 4.26. The molecule has 1 aromatic carbocycles. The van der Waals surface area contributed by atoms with Gasteiger partial charge in [-0.25, -0.2) is 5.14 Å². The zero-order chi connectivity index (χ0) is 15.5. The number of likely N-dealkylation sites (tertiary alicyclic amines) is 1. The molecular formula is C15H21ClN4O2S. The molecule has 0 bridgehead atoms. The minimum atomic E-state index is -3.67. The first kappa shape index (κ1) is 16.7. The first-order chi connectivity index (χ1) is 10.4. The summed E-state index contributed by atoms with van der Waals surface area (Å²) in [6.45, 7) is 0.688. The minimum Gasteiger partial charge on any atom is -0.361 e. The van der Waals surface area contributed by atoms with Crippen molar-refractivity contribution in [2.24, 2.45) is 5.14 Å². The number of halogens is 1. The molecule has 2 aromatic rings. The van der Waals surface area contributed by atoms with Crippen molar-refractivity contribution in [2.45, 2.75) is 30.8 Å². The zero-order valence-corrected chi connectivity index (χ0v) is 14.5. The smallest absolute Gasteiger partial charge is 0.274 e. The van der Waals surface area contributed by atoms with Gasteiger partial charge in [0.05, 0.1) is 0 Å². The van der Waals surface area contributed by atoms with Crippen LogP contribution in [-0.4, -0.2) is 44.0 Å². The van der Waals surface area contributed by atoms with Gasteiger partial charge in [-0.1, -0.05) is 12.1 Å². The van der Waals surface area contributed by atoms with Crippen molar-refractivity contribution in [3.8, 4) is 0 Å². The number of aromatic nitrogens is 1. The summed E-state index contributed by atoms with van der Waals surface area (Å²) in [5, 5.41) is 6.47. The van der Waals surface area contributed by atoms with E-state index in [2.05, 4.69) is 46.0 Å². The quantitative estimate of drug-likeness (QED) is 0.752. The van der Waals surface area contributed by atoms with E-state index in [1.54, 1.807) is 0 Å². The largest absolute Gasteiger partial charge is 0.361 e. The molecule has 2 aliphatic rings. The highest BCUT2D eigenvalue weighted by molar-refractivity contribution is 7.87. The van der Waals surface area contributed by atoms with E-state index in [0.29, 0.717) is 18.5 Å². The molecule has 126 valence electrons. The molecule has 0 saturated carbocycles. The predicted octanol–water partition coefficient (Wildman–Crippen LogP) is 1.10. The van der Waals surface area contributed by atoms with Crippen molar-refractivity contribution in [1.82, 2.24) is 14.6 Å². The summed E-state index contributed by atoms with van der Waals surface area (Å²) in [5.41, 5.74) is 3.84. The second kappa shape index (κ2) is 5.75. The van der Waals surface area contributed by atoms with Crippen LogP contribution in [0.25, 0.3) is 10.9 Å². The SMILES string of the molecule is CN1C[C@@H](NS(N)(=O)=O)C[C@@H]2c3cccc4[nH]cc(c34)C[C@H]21.Cl. The first-order valence-electron chi connectivity index (χ1n) is 7.51. The molecule has 6 nitrogen and oxygen atoms in total. The molecule has 0 spiro atoms. The molecule has 1 aliphatic carbocycles. The summed E-state index contributed by atoms with van der Waals surface area (Å²) in [7, 11) is -1.61. The molecular weight excluding hydrogens is 336 g/mol. The summed E-state index contributed by atoms with van der Waals surface area (Å²) in [5.74, 6) is 0.324. The van der Waals surface area contributed by atoms with Crippen LogP contribution in [-0.2, 0) is 16.6 Å². The number of aromatic amines is 1. The van der Waals surface area contributed by atoms with Gasteiger partial charge >= 0.3 is 0 Å². The van der Waals surface area contributed by atoms with Crippen LogP contribution < -0.4 is 9.86 Å². The molecule has 1 saturated heterocycles. The van der Waals surface area contributed by atoms with Gasteiger partial charge in [0.2, 0.25) is 0 Å². The number of benzene rings is 1. The van der Waals surface area contributed by atoms with E-state index in [-0.39, 0.29) is 18.4 Å². The fourth-order valence-corrected chi connectivity index (χ4v) is 4.89. The minimum absolute atomic E-state index is 0. The van der Waals surface area contributed by atoms with Gasteiger partial charge in [0.25, 0.3) is 10.2 Å². The van der Waals surface area contributed by atoms with Crippen LogP contribution >= 0.6 is 12.4 Å². The van der Waals surface area contributed by atoms with Gasteiger partial charge in [-0.05, 0) is 37.1 Å². The number of nitrogens with one attached hydrogen (secondary N) is 2. The lowest BCUT2D eigenvalue weighted by molar-refractivity contribution is 0.135. The van der Waals surface area contributed by atoms with Crippen molar-refractivity contribution in [3.63, 3.8) is 0 Å². The monoisotopic (exact) mass is 356 g/mol. The van der Waals surface area contributed by atoms with Crippen molar-refractivity contribution in [3.05, 3.63) is 35.5 Å². The summed E-state index contributed by atoms with van der Waals surface area (Å²) in [6.07, 6.45) is 3.89. The van der Waals surface area contributed by atoms with Gasteiger partial charge in [0.15, 0.2) is 0 Å². The number of nitrogens with zero attached hydrogens (tertiary/aromatic N) is 1. The standard InChI is InChI=1S/C15H20N4O2S.ClH/c1-19-8-10(18-22(16,20)21)6-12-11-3-2-4-13-15(11)9(7-17-13)5-14(12)19;/h2-4,7,10,12,14,17-18H,5-6,8H2,1H3,(H2,16,20,21);1H/t10-,12+,14+;/m0./s1. The lowest BCUT2D eigenvalue weighted by Gasteiger charge is -2.45. The molecule has 3 atom stereocenters. The van der Waals surface area contributed by atoms with Crippen LogP contribution in [0.5, 0.6) is 0 Å².